The van der Waals surface area contributed by atoms with Crippen LogP contribution in [0.3, 0.4) is 0 Å². The van der Waals surface area contributed by atoms with E-state index in [1.165, 1.54) is 0 Å². The predicted octanol–water partition coefficient (Wildman–Crippen LogP) is 2.82. The fraction of sp³-hybridized carbons (Fsp3) is 0.208. The van der Waals surface area contributed by atoms with Gasteiger partial charge in [0, 0.05) is 17.0 Å². The van der Waals surface area contributed by atoms with Gasteiger partial charge in [-0.2, -0.15) is 0 Å². The van der Waals surface area contributed by atoms with Gasteiger partial charge in [-0.1, -0.05) is 12.1 Å². The van der Waals surface area contributed by atoms with Crippen molar-refractivity contribution in [1.29, 1.82) is 0 Å². The van der Waals surface area contributed by atoms with Crippen LogP contribution in [0.5, 0.6) is 17.2 Å². The topological polar surface area (TPSA) is 117 Å². The summed E-state index contributed by atoms with van der Waals surface area (Å²) < 4.78 is 27.5. The average molecular weight is 447 g/mol. The summed E-state index contributed by atoms with van der Waals surface area (Å²) in [6.45, 7) is 1.88. The van der Waals surface area contributed by atoms with E-state index in [2.05, 4.69) is 4.98 Å². The standard InChI is InChI=1S/C24H17NO8/c1-2-29-24(28)21-18(19-20(33-21)12-5-3-4-6-15(12)32-23(19)27)13-7-11-8-16-17(31-10-30-16)9-14(11)25-22(13)26/h3-9,18,21H,2,10H2,1H3,(H,25,26)/t18-,21+/m0/s1. The number of ether oxygens (including phenoxy) is 4. The van der Waals surface area contributed by atoms with Crippen LogP contribution in [0.15, 0.2) is 56.5 Å². The zero-order chi connectivity index (χ0) is 22.7. The van der Waals surface area contributed by atoms with Crippen molar-refractivity contribution in [3.63, 3.8) is 0 Å². The van der Waals surface area contributed by atoms with Crippen molar-refractivity contribution in [1.82, 2.24) is 4.98 Å². The van der Waals surface area contributed by atoms with Gasteiger partial charge in [-0.15, -0.1) is 0 Å². The van der Waals surface area contributed by atoms with Crippen molar-refractivity contribution in [3.05, 3.63) is 74.4 Å². The van der Waals surface area contributed by atoms with Gasteiger partial charge in [0.25, 0.3) is 5.56 Å². The number of nitrogens with one attached hydrogen (secondary N) is 1. The normalized spacial score (nSPS) is 18.3. The summed E-state index contributed by atoms with van der Waals surface area (Å²) in [5.74, 6) is -0.408. The first kappa shape index (κ1) is 19.4. The smallest absolute Gasteiger partial charge is 0.348 e. The highest BCUT2D eigenvalue weighted by molar-refractivity contribution is 5.89. The minimum Gasteiger partial charge on any atom is -0.476 e. The van der Waals surface area contributed by atoms with E-state index in [1.54, 1.807) is 49.4 Å². The summed E-state index contributed by atoms with van der Waals surface area (Å²) in [6.07, 6.45) is -1.22. The number of esters is 1. The first-order valence-corrected chi connectivity index (χ1v) is 10.4. The summed E-state index contributed by atoms with van der Waals surface area (Å²) in [5, 5.41) is 1.18. The summed E-state index contributed by atoms with van der Waals surface area (Å²) in [6, 6.07) is 11.9. The number of fused-ring (bicyclic) bond motifs is 5. The third-order valence-corrected chi connectivity index (χ3v) is 5.88. The van der Waals surface area contributed by atoms with Crippen molar-refractivity contribution in [2.24, 2.45) is 0 Å². The highest BCUT2D eigenvalue weighted by atomic mass is 16.7. The maximum atomic E-state index is 13.2. The second-order valence-electron chi connectivity index (χ2n) is 7.74. The third-order valence-electron chi connectivity index (χ3n) is 5.88. The van der Waals surface area contributed by atoms with Gasteiger partial charge in [0.2, 0.25) is 12.9 Å². The second-order valence-corrected chi connectivity index (χ2v) is 7.74. The Kier molecular flexibility index (Phi) is 4.19. The first-order chi connectivity index (χ1) is 16.0. The molecule has 2 aliphatic rings. The maximum Gasteiger partial charge on any atom is 0.348 e. The number of carbonyl (C=O) groups excluding carboxylic acids is 1. The molecule has 0 fully saturated rings. The van der Waals surface area contributed by atoms with Crippen molar-refractivity contribution in [2.45, 2.75) is 18.9 Å². The molecule has 9 nitrogen and oxygen atoms in total. The third kappa shape index (κ3) is 2.89. The van der Waals surface area contributed by atoms with E-state index in [-0.39, 0.29) is 30.3 Å². The summed E-state index contributed by atoms with van der Waals surface area (Å²) >= 11 is 0. The molecule has 0 saturated carbocycles. The molecule has 9 heteroatoms. The minimum atomic E-state index is -1.22. The Bertz CT molecular complexity index is 1570. The van der Waals surface area contributed by atoms with Gasteiger partial charge in [0.05, 0.1) is 29.0 Å². The number of rotatable bonds is 3. The van der Waals surface area contributed by atoms with Gasteiger partial charge in [-0.05, 0) is 31.2 Å². The lowest BCUT2D eigenvalue weighted by molar-refractivity contribution is -0.151. The summed E-state index contributed by atoms with van der Waals surface area (Å²) in [4.78, 5) is 41.8. The molecule has 0 radical (unpaired) electrons. The van der Waals surface area contributed by atoms with E-state index in [4.69, 9.17) is 23.4 Å². The molecule has 6 rings (SSSR count). The Hall–Kier alpha value is -4.27. The Morgan fingerprint density at radius 2 is 1.91 bits per heavy atom. The molecule has 33 heavy (non-hydrogen) atoms. The SMILES string of the molecule is CCOC(=O)[C@@H]1Oc2c(c(=O)oc3ccccc23)[C@@H]1c1cc2cc3c(cc2[nH]c1=O)OCO3. The molecule has 4 heterocycles. The fourth-order valence-electron chi connectivity index (χ4n) is 4.45. The molecule has 2 aromatic heterocycles. The van der Waals surface area contributed by atoms with Crippen molar-refractivity contribution in [2.75, 3.05) is 13.4 Å². The highest BCUT2D eigenvalue weighted by Gasteiger charge is 2.46. The largest absolute Gasteiger partial charge is 0.476 e. The first-order valence-electron chi connectivity index (χ1n) is 10.4. The van der Waals surface area contributed by atoms with Gasteiger partial charge in [-0.3, -0.25) is 4.79 Å². The molecule has 0 amide bonds. The van der Waals surface area contributed by atoms with Crippen LogP contribution in [-0.4, -0.2) is 30.5 Å². The molecular formula is C24H17NO8. The van der Waals surface area contributed by atoms with E-state index in [0.717, 1.165) is 0 Å². The van der Waals surface area contributed by atoms with E-state index in [9.17, 15) is 14.4 Å². The maximum absolute atomic E-state index is 13.2. The van der Waals surface area contributed by atoms with Gasteiger partial charge >= 0.3 is 11.6 Å². The molecule has 0 spiro atoms. The van der Waals surface area contributed by atoms with Crippen LogP contribution >= 0.6 is 0 Å². The molecule has 2 aromatic carbocycles. The summed E-state index contributed by atoms with van der Waals surface area (Å²) in [7, 11) is 0. The molecule has 0 aliphatic carbocycles. The van der Waals surface area contributed by atoms with Crippen molar-refractivity contribution >= 4 is 27.8 Å². The Labute approximate surface area is 185 Å². The van der Waals surface area contributed by atoms with Gasteiger partial charge in [0.1, 0.15) is 11.3 Å². The second kappa shape index (κ2) is 7.13. The Balaban J connectivity index is 1.61. The molecule has 1 N–H and O–H groups in total. The van der Waals surface area contributed by atoms with Crippen molar-refractivity contribution < 1.29 is 28.2 Å². The molecule has 2 aliphatic heterocycles. The molecule has 4 aromatic rings. The predicted molar refractivity (Wildman–Crippen MR) is 116 cm³/mol. The number of para-hydroxylation sites is 1. The zero-order valence-corrected chi connectivity index (χ0v) is 17.4. The van der Waals surface area contributed by atoms with Gasteiger partial charge in [0.15, 0.2) is 11.5 Å². The number of pyridine rings is 1. The van der Waals surface area contributed by atoms with Crippen LogP contribution in [0.1, 0.15) is 24.0 Å². The molecular weight excluding hydrogens is 430 g/mol. The number of aromatic amines is 1. The average Bonchev–Trinajstić information content (AvgIpc) is 3.42. The number of benzene rings is 2. The van der Waals surface area contributed by atoms with Crippen LogP contribution in [-0.2, 0) is 9.53 Å². The number of hydrogen-bond acceptors (Lipinski definition) is 8. The van der Waals surface area contributed by atoms with E-state index in [1.807, 2.05) is 0 Å². The van der Waals surface area contributed by atoms with Gasteiger partial charge in [-0.25, -0.2) is 9.59 Å². The molecule has 0 bridgehead atoms. The number of carbonyl (C=O) groups is 1. The van der Waals surface area contributed by atoms with Gasteiger partial charge < -0.3 is 28.3 Å². The molecule has 0 unspecified atom stereocenters. The number of H-pyrrole nitrogens is 1. The van der Waals surface area contributed by atoms with Crippen LogP contribution in [0.2, 0.25) is 0 Å². The fourth-order valence-corrected chi connectivity index (χ4v) is 4.45. The van der Waals surface area contributed by atoms with Crippen LogP contribution in [0.4, 0.5) is 0 Å². The Morgan fingerprint density at radius 3 is 2.73 bits per heavy atom. The van der Waals surface area contributed by atoms with E-state index in [0.29, 0.717) is 33.4 Å². The molecule has 0 saturated heterocycles. The lowest BCUT2D eigenvalue weighted by Crippen LogP contribution is -2.35. The lowest BCUT2D eigenvalue weighted by Gasteiger charge is -2.17. The lowest BCUT2D eigenvalue weighted by atomic mass is 9.88. The Morgan fingerprint density at radius 1 is 1.12 bits per heavy atom. The van der Waals surface area contributed by atoms with E-state index < -0.39 is 29.2 Å². The molecule has 166 valence electrons. The zero-order valence-electron chi connectivity index (χ0n) is 17.4. The highest BCUT2D eigenvalue weighted by Crippen LogP contribution is 2.44. The quantitative estimate of drug-likeness (QED) is 0.376. The van der Waals surface area contributed by atoms with Crippen LogP contribution in [0, 0.1) is 0 Å². The summed E-state index contributed by atoms with van der Waals surface area (Å²) in [5.41, 5.74) is 0.00320. The minimum absolute atomic E-state index is 0.0889. The van der Waals surface area contributed by atoms with E-state index >= 15 is 0 Å². The van der Waals surface area contributed by atoms with Crippen LogP contribution < -0.4 is 25.4 Å². The number of hydrogen-bond donors (Lipinski definition) is 1. The van der Waals surface area contributed by atoms with Crippen LogP contribution in [0.25, 0.3) is 21.9 Å². The molecule has 2 atom stereocenters. The monoisotopic (exact) mass is 447 g/mol. The van der Waals surface area contributed by atoms with Crippen molar-refractivity contribution in [3.8, 4) is 17.2 Å². The number of aromatic nitrogens is 1.